The first kappa shape index (κ1) is 25.4. The topological polar surface area (TPSA) is 58.2 Å². The number of benzene rings is 2. The van der Waals surface area contributed by atoms with Gasteiger partial charge in [0.05, 0.1) is 11.1 Å². The minimum absolute atomic E-state index is 0.134. The summed E-state index contributed by atoms with van der Waals surface area (Å²) >= 11 is 3.09. The van der Waals surface area contributed by atoms with Crippen LogP contribution in [-0.4, -0.2) is 11.8 Å². The molecule has 0 saturated heterocycles. The summed E-state index contributed by atoms with van der Waals surface area (Å²) < 4.78 is 0. The Morgan fingerprint density at radius 2 is 1.62 bits per heavy atom. The first-order valence-electron chi connectivity index (χ1n) is 12.7. The van der Waals surface area contributed by atoms with Crippen LogP contribution in [0, 0.1) is 11.3 Å². The SMILES string of the molecule is CC(C)(C)[C@@H]1CCc2c(C(=O)Nc3scc(-c4ccccc4)c3C(=O)NCc3ccccc3)csc2C1. The van der Waals surface area contributed by atoms with E-state index in [4.69, 9.17) is 0 Å². The molecule has 37 heavy (non-hydrogen) atoms. The molecule has 0 spiro atoms. The third-order valence-corrected chi connectivity index (χ3v) is 9.20. The lowest BCUT2D eigenvalue weighted by Crippen LogP contribution is -2.27. The summed E-state index contributed by atoms with van der Waals surface area (Å²) in [6.07, 6.45) is 3.05. The van der Waals surface area contributed by atoms with E-state index < -0.39 is 0 Å². The molecule has 6 heteroatoms. The number of rotatable bonds is 6. The van der Waals surface area contributed by atoms with Gasteiger partial charge in [-0.1, -0.05) is 81.4 Å². The van der Waals surface area contributed by atoms with Crippen LogP contribution in [0.3, 0.4) is 0 Å². The first-order chi connectivity index (χ1) is 17.8. The van der Waals surface area contributed by atoms with Gasteiger partial charge in [0.25, 0.3) is 11.8 Å². The molecule has 2 amide bonds. The van der Waals surface area contributed by atoms with E-state index in [1.807, 2.05) is 71.4 Å². The van der Waals surface area contributed by atoms with Crippen LogP contribution in [0.2, 0.25) is 0 Å². The zero-order valence-corrected chi connectivity index (χ0v) is 23.1. The van der Waals surface area contributed by atoms with Crippen LogP contribution in [0.25, 0.3) is 11.1 Å². The first-order valence-corrected chi connectivity index (χ1v) is 14.5. The van der Waals surface area contributed by atoms with Gasteiger partial charge in [0, 0.05) is 27.7 Å². The Kier molecular flexibility index (Phi) is 7.31. The Morgan fingerprint density at radius 1 is 0.919 bits per heavy atom. The zero-order valence-electron chi connectivity index (χ0n) is 21.5. The van der Waals surface area contributed by atoms with Crippen molar-refractivity contribution in [1.82, 2.24) is 5.32 Å². The van der Waals surface area contributed by atoms with Crippen molar-refractivity contribution in [2.45, 2.75) is 46.6 Å². The van der Waals surface area contributed by atoms with Gasteiger partial charge in [0.2, 0.25) is 0 Å². The summed E-state index contributed by atoms with van der Waals surface area (Å²) in [6, 6.07) is 19.7. The van der Waals surface area contributed by atoms with Gasteiger partial charge in [-0.2, -0.15) is 0 Å². The Balaban J connectivity index is 1.41. The van der Waals surface area contributed by atoms with Gasteiger partial charge in [0.1, 0.15) is 5.00 Å². The molecule has 0 saturated carbocycles. The predicted octanol–water partition coefficient (Wildman–Crippen LogP) is 7.81. The highest BCUT2D eigenvalue weighted by molar-refractivity contribution is 7.15. The fraction of sp³-hybridized carbons (Fsp3) is 0.290. The van der Waals surface area contributed by atoms with Crippen LogP contribution in [-0.2, 0) is 19.4 Å². The van der Waals surface area contributed by atoms with Gasteiger partial charge in [-0.05, 0) is 47.3 Å². The normalized spacial score (nSPS) is 15.2. The Hall–Kier alpha value is -3.22. The molecule has 4 aromatic rings. The summed E-state index contributed by atoms with van der Waals surface area (Å²) in [5.41, 5.74) is 5.50. The monoisotopic (exact) mass is 528 g/mol. The Bertz CT molecular complexity index is 1400. The molecule has 190 valence electrons. The summed E-state index contributed by atoms with van der Waals surface area (Å²) in [6.45, 7) is 7.32. The van der Waals surface area contributed by atoms with Crippen molar-refractivity contribution in [3.8, 4) is 11.1 Å². The van der Waals surface area contributed by atoms with Gasteiger partial charge in [-0.15, -0.1) is 22.7 Å². The van der Waals surface area contributed by atoms with Crippen molar-refractivity contribution < 1.29 is 9.59 Å². The summed E-state index contributed by atoms with van der Waals surface area (Å²) in [4.78, 5) is 28.3. The number of thiophene rings is 2. The average molecular weight is 529 g/mol. The van der Waals surface area contributed by atoms with Crippen molar-refractivity contribution in [1.29, 1.82) is 0 Å². The molecule has 0 fully saturated rings. The average Bonchev–Trinajstić information content (AvgIpc) is 3.52. The van der Waals surface area contributed by atoms with Crippen molar-refractivity contribution >= 4 is 39.5 Å². The van der Waals surface area contributed by atoms with Crippen molar-refractivity contribution in [2.75, 3.05) is 5.32 Å². The second-order valence-corrected chi connectivity index (χ2v) is 12.5. The molecule has 2 aromatic carbocycles. The third-order valence-electron chi connectivity index (χ3n) is 7.25. The summed E-state index contributed by atoms with van der Waals surface area (Å²) in [5, 5.41) is 10.7. The lowest BCUT2D eigenvalue weighted by atomic mass is 9.72. The molecular weight excluding hydrogens is 496 g/mol. The van der Waals surface area contributed by atoms with Crippen molar-refractivity contribution in [3.63, 3.8) is 0 Å². The number of anilines is 1. The number of hydrogen-bond donors (Lipinski definition) is 2. The van der Waals surface area contributed by atoms with E-state index in [0.29, 0.717) is 23.0 Å². The third kappa shape index (κ3) is 5.55. The van der Waals surface area contributed by atoms with E-state index in [9.17, 15) is 9.59 Å². The lowest BCUT2D eigenvalue weighted by molar-refractivity contribution is 0.0953. The van der Waals surface area contributed by atoms with Crippen LogP contribution in [0.4, 0.5) is 5.00 Å². The quantitative estimate of drug-likeness (QED) is 0.268. The molecule has 2 N–H and O–H groups in total. The molecule has 0 radical (unpaired) electrons. The van der Waals surface area contributed by atoms with Crippen LogP contribution in [0.15, 0.2) is 71.4 Å². The van der Waals surface area contributed by atoms with Gasteiger partial charge in [-0.25, -0.2) is 0 Å². The van der Waals surface area contributed by atoms with Crippen LogP contribution in [0.1, 0.15) is 63.9 Å². The molecular formula is C31H32N2O2S2. The lowest BCUT2D eigenvalue weighted by Gasteiger charge is -2.34. The smallest absolute Gasteiger partial charge is 0.257 e. The zero-order chi connectivity index (χ0) is 26.0. The maximum absolute atomic E-state index is 13.5. The molecule has 0 unspecified atom stereocenters. The van der Waals surface area contributed by atoms with E-state index in [2.05, 4.69) is 31.4 Å². The summed E-state index contributed by atoms with van der Waals surface area (Å²) in [7, 11) is 0. The second kappa shape index (κ2) is 10.6. The minimum atomic E-state index is -0.195. The molecule has 2 aromatic heterocycles. The van der Waals surface area contributed by atoms with Crippen LogP contribution < -0.4 is 10.6 Å². The highest BCUT2D eigenvalue weighted by Crippen LogP contribution is 2.41. The van der Waals surface area contributed by atoms with Gasteiger partial charge in [0.15, 0.2) is 0 Å². The van der Waals surface area contributed by atoms with E-state index in [-0.39, 0.29) is 17.2 Å². The van der Waals surface area contributed by atoms with Crippen LogP contribution >= 0.6 is 22.7 Å². The Labute approximate surface area is 226 Å². The fourth-order valence-electron chi connectivity index (χ4n) is 4.98. The number of carbonyl (C=O) groups is 2. The molecule has 0 bridgehead atoms. The van der Waals surface area contributed by atoms with E-state index in [1.165, 1.54) is 21.8 Å². The maximum atomic E-state index is 13.5. The number of nitrogens with one attached hydrogen (secondary N) is 2. The number of amides is 2. The highest BCUT2D eigenvalue weighted by Gasteiger charge is 2.32. The largest absolute Gasteiger partial charge is 0.348 e. The van der Waals surface area contributed by atoms with Crippen molar-refractivity contribution in [2.24, 2.45) is 11.3 Å². The fourth-order valence-corrected chi connectivity index (χ4v) is 7.11. The van der Waals surface area contributed by atoms with E-state index >= 15 is 0 Å². The molecule has 4 nitrogen and oxygen atoms in total. The minimum Gasteiger partial charge on any atom is -0.348 e. The highest BCUT2D eigenvalue weighted by atomic mass is 32.1. The van der Waals surface area contributed by atoms with Gasteiger partial charge < -0.3 is 10.6 Å². The number of carbonyl (C=O) groups excluding carboxylic acids is 2. The maximum Gasteiger partial charge on any atom is 0.257 e. The summed E-state index contributed by atoms with van der Waals surface area (Å²) in [5.74, 6) is 0.296. The van der Waals surface area contributed by atoms with E-state index in [1.54, 1.807) is 11.3 Å². The standard InChI is InChI=1S/C31H32N2O2S2/c1-31(2,3)22-14-15-23-25(19-36-26(23)16-22)28(34)33-30-27(24(18-37-30)21-12-8-5-9-13-21)29(35)32-17-20-10-6-4-7-11-20/h4-13,18-19,22H,14-17H2,1-3H3,(H,32,35)(H,33,34)/t22-/m1/s1. The van der Waals surface area contributed by atoms with Gasteiger partial charge in [-0.3, -0.25) is 9.59 Å². The molecule has 2 heterocycles. The molecule has 1 atom stereocenters. The van der Waals surface area contributed by atoms with Crippen molar-refractivity contribution in [3.05, 3.63) is 98.6 Å². The Morgan fingerprint density at radius 3 is 2.32 bits per heavy atom. The molecule has 5 rings (SSSR count). The molecule has 0 aliphatic heterocycles. The number of hydrogen-bond acceptors (Lipinski definition) is 4. The van der Waals surface area contributed by atoms with Gasteiger partial charge >= 0.3 is 0 Å². The number of fused-ring (bicyclic) bond motifs is 1. The molecule has 1 aliphatic rings. The van der Waals surface area contributed by atoms with Crippen LogP contribution in [0.5, 0.6) is 0 Å². The predicted molar refractivity (Wildman–Crippen MR) is 155 cm³/mol. The second-order valence-electron chi connectivity index (χ2n) is 10.7. The molecule has 1 aliphatic carbocycles. The van der Waals surface area contributed by atoms with E-state index in [0.717, 1.165) is 41.5 Å².